The summed E-state index contributed by atoms with van der Waals surface area (Å²) in [5.41, 5.74) is 8.48. The first kappa shape index (κ1) is 14.9. The third kappa shape index (κ3) is 3.15. The van der Waals surface area contributed by atoms with Gasteiger partial charge in [0.05, 0.1) is 5.69 Å². The van der Waals surface area contributed by atoms with Crippen LogP contribution in [0.1, 0.15) is 11.1 Å². The maximum atomic E-state index is 11.4. The molecule has 106 valence electrons. The summed E-state index contributed by atoms with van der Waals surface area (Å²) in [5, 5.41) is 5.15. The monoisotopic (exact) mass is 308 g/mol. The first-order valence-corrected chi connectivity index (χ1v) is 8.31. The van der Waals surface area contributed by atoms with Crippen molar-refractivity contribution in [2.24, 2.45) is 5.14 Å². The number of para-hydroxylation sites is 1. The van der Waals surface area contributed by atoms with Crippen LogP contribution in [0.25, 0.3) is 0 Å². The predicted molar refractivity (Wildman–Crippen MR) is 82.3 cm³/mol. The number of aryl methyl sites for hydroxylation is 2. The minimum Gasteiger partial charge on any atom is -0.397 e. The van der Waals surface area contributed by atoms with Gasteiger partial charge in [-0.15, -0.1) is 0 Å². The Morgan fingerprint density at radius 2 is 1.75 bits per heavy atom. The van der Waals surface area contributed by atoms with Gasteiger partial charge in [0.15, 0.2) is 0 Å². The van der Waals surface area contributed by atoms with Crippen LogP contribution in [0.4, 0.5) is 5.69 Å². The molecule has 0 saturated heterocycles. The van der Waals surface area contributed by atoms with Crippen molar-refractivity contribution in [2.45, 2.75) is 28.5 Å². The lowest BCUT2D eigenvalue weighted by atomic mass is 10.1. The van der Waals surface area contributed by atoms with Crippen LogP contribution in [0.2, 0.25) is 0 Å². The van der Waals surface area contributed by atoms with Gasteiger partial charge in [-0.05, 0) is 49.2 Å². The number of anilines is 1. The third-order valence-electron chi connectivity index (χ3n) is 3.04. The summed E-state index contributed by atoms with van der Waals surface area (Å²) in [6, 6.07) is 10.9. The van der Waals surface area contributed by atoms with E-state index in [4.69, 9.17) is 10.9 Å². The molecule has 20 heavy (non-hydrogen) atoms. The van der Waals surface area contributed by atoms with Gasteiger partial charge in [-0.25, -0.2) is 13.6 Å². The third-order valence-corrected chi connectivity index (χ3v) is 5.07. The Hall–Kier alpha value is -1.50. The smallest absolute Gasteiger partial charge is 0.240 e. The van der Waals surface area contributed by atoms with Crippen LogP contribution < -0.4 is 10.9 Å². The fourth-order valence-corrected chi connectivity index (χ4v) is 3.51. The molecule has 2 rings (SSSR count). The average Bonchev–Trinajstić information content (AvgIpc) is 2.35. The summed E-state index contributed by atoms with van der Waals surface area (Å²) in [5.74, 6) is 0. The van der Waals surface area contributed by atoms with Crippen LogP contribution >= 0.6 is 11.8 Å². The molecule has 0 unspecified atom stereocenters. The van der Waals surface area contributed by atoms with Gasteiger partial charge in [0.1, 0.15) is 4.90 Å². The van der Waals surface area contributed by atoms with Crippen LogP contribution in [0.3, 0.4) is 0 Å². The topological polar surface area (TPSA) is 86.2 Å². The summed E-state index contributed by atoms with van der Waals surface area (Å²) >= 11 is 1.42. The number of nitrogen functional groups attached to an aromatic ring is 1. The Balaban J connectivity index is 2.42. The molecule has 0 fully saturated rings. The van der Waals surface area contributed by atoms with Crippen LogP contribution in [0, 0.1) is 13.8 Å². The standard InChI is InChI=1S/C14H16N2O2S2/c1-9-6-7-11(8-10(9)2)19-12-4-3-5-13(14(12)15)20(16,17)18/h3-8H,15H2,1-2H3,(H2,16,17,18). The van der Waals surface area contributed by atoms with Crippen LogP contribution in [-0.4, -0.2) is 8.42 Å². The van der Waals surface area contributed by atoms with E-state index < -0.39 is 10.0 Å². The molecular formula is C14H16N2O2S2. The molecule has 0 bridgehead atoms. The van der Waals surface area contributed by atoms with Crippen LogP contribution in [0.5, 0.6) is 0 Å². The molecule has 2 aromatic carbocycles. The van der Waals surface area contributed by atoms with Gasteiger partial charge in [-0.1, -0.05) is 23.9 Å². The zero-order valence-electron chi connectivity index (χ0n) is 11.3. The first-order valence-electron chi connectivity index (χ1n) is 5.95. The largest absolute Gasteiger partial charge is 0.397 e. The number of hydrogen-bond donors (Lipinski definition) is 2. The number of primary sulfonamides is 1. The van der Waals surface area contributed by atoms with E-state index in [1.807, 2.05) is 32.0 Å². The second-order valence-electron chi connectivity index (χ2n) is 4.56. The van der Waals surface area contributed by atoms with Gasteiger partial charge in [-0.2, -0.15) is 0 Å². The van der Waals surface area contributed by atoms with E-state index >= 15 is 0 Å². The van der Waals surface area contributed by atoms with Gasteiger partial charge < -0.3 is 5.73 Å². The van der Waals surface area contributed by atoms with Gasteiger partial charge in [0.2, 0.25) is 10.0 Å². The number of sulfonamides is 1. The van der Waals surface area contributed by atoms with Crippen molar-refractivity contribution < 1.29 is 8.42 Å². The van der Waals surface area contributed by atoms with E-state index in [0.29, 0.717) is 4.90 Å². The Labute approximate surface area is 123 Å². The normalized spacial score (nSPS) is 11.6. The number of benzene rings is 2. The molecule has 2 aromatic rings. The van der Waals surface area contributed by atoms with Crippen molar-refractivity contribution in [3.63, 3.8) is 0 Å². The Bertz CT molecular complexity index is 756. The van der Waals surface area contributed by atoms with E-state index in [1.54, 1.807) is 12.1 Å². The molecule has 0 heterocycles. The molecule has 0 aliphatic heterocycles. The SMILES string of the molecule is Cc1ccc(Sc2cccc(S(N)(=O)=O)c2N)cc1C. The quantitative estimate of drug-likeness (QED) is 0.854. The van der Waals surface area contributed by atoms with Crippen molar-refractivity contribution in [2.75, 3.05) is 5.73 Å². The number of hydrogen-bond acceptors (Lipinski definition) is 4. The van der Waals surface area contributed by atoms with Crippen molar-refractivity contribution >= 4 is 27.5 Å². The minimum absolute atomic E-state index is 0.0358. The molecule has 0 aromatic heterocycles. The highest BCUT2D eigenvalue weighted by Gasteiger charge is 2.15. The summed E-state index contributed by atoms with van der Waals surface area (Å²) in [6.07, 6.45) is 0. The van der Waals surface area contributed by atoms with E-state index in [1.165, 1.54) is 29.0 Å². The zero-order chi connectivity index (χ0) is 14.9. The fraction of sp³-hybridized carbons (Fsp3) is 0.143. The molecule has 0 spiro atoms. The Morgan fingerprint density at radius 3 is 2.35 bits per heavy atom. The van der Waals surface area contributed by atoms with E-state index in [0.717, 1.165) is 4.90 Å². The molecule has 6 heteroatoms. The second-order valence-corrected chi connectivity index (χ2v) is 7.21. The maximum absolute atomic E-state index is 11.4. The minimum atomic E-state index is -3.80. The molecule has 0 saturated carbocycles. The Morgan fingerprint density at radius 1 is 1.05 bits per heavy atom. The van der Waals surface area contributed by atoms with E-state index in [2.05, 4.69) is 0 Å². The molecular weight excluding hydrogens is 292 g/mol. The van der Waals surface area contributed by atoms with Gasteiger partial charge >= 0.3 is 0 Å². The lowest BCUT2D eigenvalue weighted by molar-refractivity contribution is 0.598. The maximum Gasteiger partial charge on any atom is 0.240 e. The van der Waals surface area contributed by atoms with Gasteiger partial charge in [0, 0.05) is 9.79 Å². The fourth-order valence-electron chi connectivity index (χ4n) is 1.77. The molecule has 0 atom stereocenters. The summed E-state index contributed by atoms with van der Waals surface area (Å²) in [7, 11) is -3.80. The molecule has 4 nitrogen and oxygen atoms in total. The molecule has 4 N–H and O–H groups in total. The summed E-state index contributed by atoms with van der Waals surface area (Å²) in [6.45, 7) is 4.07. The van der Waals surface area contributed by atoms with Gasteiger partial charge in [0.25, 0.3) is 0 Å². The molecule has 0 amide bonds. The lowest BCUT2D eigenvalue weighted by Crippen LogP contribution is -2.14. The lowest BCUT2D eigenvalue weighted by Gasteiger charge is -2.10. The first-order chi connectivity index (χ1) is 9.29. The number of rotatable bonds is 3. The highest BCUT2D eigenvalue weighted by molar-refractivity contribution is 7.99. The van der Waals surface area contributed by atoms with Crippen LogP contribution in [0.15, 0.2) is 51.1 Å². The summed E-state index contributed by atoms with van der Waals surface area (Å²) < 4.78 is 22.9. The highest BCUT2D eigenvalue weighted by atomic mass is 32.2. The molecule has 0 aliphatic carbocycles. The van der Waals surface area contributed by atoms with E-state index in [-0.39, 0.29) is 10.6 Å². The average molecular weight is 308 g/mol. The number of nitrogens with two attached hydrogens (primary N) is 2. The molecule has 0 radical (unpaired) electrons. The molecule has 0 aliphatic rings. The summed E-state index contributed by atoms with van der Waals surface area (Å²) in [4.78, 5) is 1.65. The van der Waals surface area contributed by atoms with Crippen molar-refractivity contribution in [1.29, 1.82) is 0 Å². The predicted octanol–water partition coefficient (Wildman–Crippen LogP) is 2.68. The van der Waals surface area contributed by atoms with Crippen molar-refractivity contribution in [1.82, 2.24) is 0 Å². The second kappa shape index (κ2) is 5.47. The van der Waals surface area contributed by atoms with Crippen molar-refractivity contribution in [3.05, 3.63) is 47.5 Å². The zero-order valence-corrected chi connectivity index (χ0v) is 12.9. The highest BCUT2D eigenvalue weighted by Crippen LogP contribution is 2.35. The van der Waals surface area contributed by atoms with Crippen molar-refractivity contribution in [3.8, 4) is 0 Å². The van der Waals surface area contributed by atoms with Gasteiger partial charge in [-0.3, -0.25) is 0 Å². The Kier molecular flexibility index (Phi) is 4.08. The van der Waals surface area contributed by atoms with Crippen LogP contribution in [-0.2, 0) is 10.0 Å². The van der Waals surface area contributed by atoms with E-state index in [9.17, 15) is 8.42 Å².